The van der Waals surface area contributed by atoms with Gasteiger partial charge in [-0.15, -0.1) is 0 Å². The quantitative estimate of drug-likeness (QED) is 0.529. The molecule has 0 spiro atoms. The largest absolute Gasteiger partial charge is 0.253 e. The zero-order valence-corrected chi connectivity index (χ0v) is 6.19. The van der Waals surface area contributed by atoms with E-state index >= 15 is 0 Å². The van der Waals surface area contributed by atoms with E-state index < -0.39 is 0 Å². The molecule has 1 fully saturated rings. The van der Waals surface area contributed by atoms with Crippen LogP contribution in [-0.4, -0.2) is 17.4 Å². The van der Waals surface area contributed by atoms with Crippen LogP contribution in [0, 0.1) is 5.92 Å². The fourth-order valence-electron chi connectivity index (χ4n) is 1.15. The second kappa shape index (κ2) is 2.74. The summed E-state index contributed by atoms with van der Waals surface area (Å²) in [5.41, 5.74) is 0. The molecular formula is C6H13NS. The standard InChI is InChI=1S/C6H13NS/c1-2-6-3-4-7(8)5-6/h6,8H,2-5H2,1H3/t6-/m0/s1. The Bertz CT molecular complexity index is 74.9. The second-order valence-corrected chi connectivity index (χ2v) is 3.04. The van der Waals surface area contributed by atoms with E-state index in [4.69, 9.17) is 0 Å². The molecule has 0 aromatic heterocycles. The minimum atomic E-state index is 0.924. The third-order valence-electron chi connectivity index (χ3n) is 1.84. The zero-order chi connectivity index (χ0) is 5.98. The molecule has 1 heterocycles. The number of hydrogen-bond donors (Lipinski definition) is 1. The molecule has 0 radical (unpaired) electrons. The summed E-state index contributed by atoms with van der Waals surface area (Å²) in [5.74, 6) is 0.924. The molecule has 0 aromatic carbocycles. The summed E-state index contributed by atoms with van der Waals surface area (Å²) in [4.78, 5) is 0. The van der Waals surface area contributed by atoms with Crippen molar-refractivity contribution < 1.29 is 0 Å². The highest BCUT2D eigenvalue weighted by Gasteiger charge is 2.17. The van der Waals surface area contributed by atoms with Crippen molar-refractivity contribution in [2.75, 3.05) is 13.1 Å². The third-order valence-corrected chi connectivity index (χ3v) is 2.21. The van der Waals surface area contributed by atoms with Crippen molar-refractivity contribution in [2.45, 2.75) is 19.8 Å². The van der Waals surface area contributed by atoms with E-state index in [2.05, 4.69) is 24.0 Å². The summed E-state index contributed by atoms with van der Waals surface area (Å²) < 4.78 is 2.11. The lowest BCUT2D eigenvalue weighted by Crippen LogP contribution is -2.06. The Morgan fingerprint density at radius 2 is 2.50 bits per heavy atom. The van der Waals surface area contributed by atoms with E-state index in [0.29, 0.717) is 0 Å². The Morgan fingerprint density at radius 1 is 1.75 bits per heavy atom. The SMILES string of the molecule is CC[C@H]1CCN(S)C1. The van der Waals surface area contributed by atoms with Gasteiger partial charge >= 0.3 is 0 Å². The summed E-state index contributed by atoms with van der Waals surface area (Å²) >= 11 is 4.24. The third kappa shape index (κ3) is 1.39. The lowest BCUT2D eigenvalue weighted by molar-refractivity contribution is 0.514. The molecule has 0 saturated carbocycles. The molecule has 0 aliphatic carbocycles. The fraction of sp³-hybridized carbons (Fsp3) is 1.00. The van der Waals surface area contributed by atoms with Gasteiger partial charge in [0.15, 0.2) is 0 Å². The Morgan fingerprint density at radius 3 is 2.75 bits per heavy atom. The van der Waals surface area contributed by atoms with Gasteiger partial charge in [0.25, 0.3) is 0 Å². The van der Waals surface area contributed by atoms with Gasteiger partial charge in [0.2, 0.25) is 0 Å². The number of nitrogens with zero attached hydrogens (tertiary/aromatic N) is 1. The molecule has 1 saturated heterocycles. The van der Waals surface area contributed by atoms with Gasteiger partial charge in [0, 0.05) is 13.1 Å². The molecule has 1 nitrogen and oxygen atoms in total. The Kier molecular flexibility index (Phi) is 2.20. The summed E-state index contributed by atoms with van der Waals surface area (Å²) in [6.07, 6.45) is 2.66. The summed E-state index contributed by atoms with van der Waals surface area (Å²) in [5, 5.41) is 0. The predicted octanol–water partition coefficient (Wildman–Crippen LogP) is 1.56. The van der Waals surface area contributed by atoms with Crippen LogP contribution in [0.2, 0.25) is 0 Å². The van der Waals surface area contributed by atoms with Gasteiger partial charge in [-0.25, -0.2) is 0 Å². The van der Waals surface area contributed by atoms with Gasteiger partial charge in [-0.3, -0.25) is 4.31 Å². The predicted molar refractivity (Wildman–Crippen MR) is 39.0 cm³/mol. The van der Waals surface area contributed by atoms with Crippen molar-refractivity contribution in [3.05, 3.63) is 0 Å². The molecule has 1 aliphatic rings. The van der Waals surface area contributed by atoms with Crippen LogP contribution in [0.3, 0.4) is 0 Å². The molecule has 0 bridgehead atoms. The first-order chi connectivity index (χ1) is 3.83. The number of thiol groups is 1. The Hall–Kier alpha value is 0.310. The second-order valence-electron chi connectivity index (χ2n) is 2.48. The van der Waals surface area contributed by atoms with E-state index in [9.17, 15) is 0 Å². The molecule has 1 aliphatic heterocycles. The van der Waals surface area contributed by atoms with Crippen LogP contribution in [-0.2, 0) is 0 Å². The van der Waals surface area contributed by atoms with Crippen molar-refractivity contribution >= 4 is 12.8 Å². The van der Waals surface area contributed by atoms with Gasteiger partial charge in [0.1, 0.15) is 0 Å². The molecule has 0 N–H and O–H groups in total. The minimum absolute atomic E-state index is 0.924. The maximum Gasteiger partial charge on any atom is 0.0116 e. The first kappa shape index (κ1) is 6.43. The van der Waals surface area contributed by atoms with Crippen molar-refractivity contribution in [1.82, 2.24) is 4.31 Å². The van der Waals surface area contributed by atoms with Crippen LogP contribution in [0.4, 0.5) is 0 Å². The number of hydrogen-bond acceptors (Lipinski definition) is 2. The van der Waals surface area contributed by atoms with Crippen molar-refractivity contribution in [3.63, 3.8) is 0 Å². The summed E-state index contributed by atoms with van der Waals surface area (Å²) in [6, 6.07) is 0. The van der Waals surface area contributed by atoms with E-state index in [0.717, 1.165) is 5.92 Å². The topological polar surface area (TPSA) is 3.24 Å². The molecule has 0 amide bonds. The van der Waals surface area contributed by atoms with Crippen LogP contribution in [0.1, 0.15) is 19.8 Å². The maximum absolute atomic E-state index is 4.24. The molecule has 8 heavy (non-hydrogen) atoms. The molecule has 2 heteroatoms. The molecule has 0 aromatic rings. The molecule has 1 atom stereocenters. The lowest BCUT2D eigenvalue weighted by atomic mass is 10.1. The van der Waals surface area contributed by atoms with Crippen LogP contribution in [0.15, 0.2) is 0 Å². The first-order valence-corrected chi connectivity index (χ1v) is 3.66. The van der Waals surface area contributed by atoms with Gasteiger partial charge in [0.05, 0.1) is 0 Å². The van der Waals surface area contributed by atoms with Gasteiger partial charge in [-0.2, -0.15) is 0 Å². The van der Waals surface area contributed by atoms with E-state index in [1.807, 2.05) is 0 Å². The van der Waals surface area contributed by atoms with Crippen LogP contribution in [0.5, 0.6) is 0 Å². The van der Waals surface area contributed by atoms with Gasteiger partial charge in [-0.05, 0) is 12.3 Å². The highest BCUT2D eigenvalue weighted by Crippen LogP contribution is 2.19. The van der Waals surface area contributed by atoms with E-state index in [-0.39, 0.29) is 0 Å². The molecule has 0 unspecified atom stereocenters. The highest BCUT2D eigenvalue weighted by atomic mass is 32.1. The number of rotatable bonds is 1. The minimum Gasteiger partial charge on any atom is -0.253 e. The molecule has 1 rings (SSSR count). The molecular weight excluding hydrogens is 118 g/mol. The summed E-state index contributed by atoms with van der Waals surface area (Å²) in [7, 11) is 0. The van der Waals surface area contributed by atoms with Crippen LogP contribution in [0.25, 0.3) is 0 Å². The fourth-order valence-corrected chi connectivity index (χ4v) is 1.49. The average Bonchev–Trinajstić information content (AvgIpc) is 2.14. The van der Waals surface area contributed by atoms with Gasteiger partial charge in [-0.1, -0.05) is 26.2 Å². The van der Waals surface area contributed by atoms with Crippen LogP contribution < -0.4 is 0 Å². The normalized spacial score (nSPS) is 31.5. The Labute approximate surface area is 56.6 Å². The first-order valence-electron chi connectivity index (χ1n) is 3.26. The Balaban J connectivity index is 2.22. The average molecular weight is 131 g/mol. The monoisotopic (exact) mass is 131 g/mol. The molecule has 48 valence electrons. The summed E-state index contributed by atoms with van der Waals surface area (Å²) in [6.45, 7) is 4.62. The van der Waals surface area contributed by atoms with E-state index in [1.54, 1.807) is 0 Å². The van der Waals surface area contributed by atoms with Crippen molar-refractivity contribution in [2.24, 2.45) is 5.92 Å². The van der Waals surface area contributed by atoms with Gasteiger partial charge < -0.3 is 0 Å². The van der Waals surface area contributed by atoms with E-state index in [1.165, 1.54) is 25.9 Å². The zero-order valence-electron chi connectivity index (χ0n) is 5.30. The lowest BCUT2D eigenvalue weighted by Gasteiger charge is -2.04. The smallest absolute Gasteiger partial charge is 0.0116 e. The van der Waals surface area contributed by atoms with Crippen molar-refractivity contribution in [3.8, 4) is 0 Å². The highest BCUT2D eigenvalue weighted by molar-refractivity contribution is 7.77. The maximum atomic E-state index is 4.24. The van der Waals surface area contributed by atoms with Crippen molar-refractivity contribution in [1.29, 1.82) is 0 Å². The van der Waals surface area contributed by atoms with Crippen LogP contribution >= 0.6 is 12.8 Å².